The largest absolute Gasteiger partial charge is 0.508 e. The van der Waals surface area contributed by atoms with Gasteiger partial charge in [0.15, 0.2) is 11.3 Å². The van der Waals surface area contributed by atoms with Gasteiger partial charge < -0.3 is 5.11 Å². The average molecular weight is 338 g/mol. The summed E-state index contributed by atoms with van der Waals surface area (Å²) in [5, 5.41) is 20.7. The molecule has 1 atom stereocenters. The molecule has 0 spiro atoms. The van der Waals surface area contributed by atoms with Gasteiger partial charge in [-0.3, -0.25) is 15.1 Å². The molecular formula is C17H14N4O2S. The number of hydrogen-bond acceptors (Lipinski definition) is 6. The van der Waals surface area contributed by atoms with Crippen molar-refractivity contribution in [2.45, 2.75) is 6.17 Å². The van der Waals surface area contributed by atoms with Crippen LogP contribution in [0.4, 0.5) is 0 Å². The minimum absolute atomic E-state index is 0.152. The van der Waals surface area contributed by atoms with Gasteiger partial charge in [0.2, 0.25) is 0 Å². The smallest absolute Gasteiger partial charge is 0.276 e. The molecule has 0 aromatic heterocycles. The first kappa shape index (κ1) is 14.8. The molecule has 2 N–H and O–H groups in total. The van der Waals surface area contributed by atoms with E-state index in [1.54, 1.807) is 23.2 Å². The fraction of sp³-hybridized carbons (Fsp3) is 0.118. The van der Waals surface area contributed by atoms with E-state index >= 15 is 0 Å². The van der Waals surface area contributed by atoms with Gasteiger partial charge in [0.25, 0.3) is 5.91 Å². The van der Waals surface area contributed by atoms with Gasteiger partial charge in [-0.1, -0.05) is 42.1 Å². The highest BCUT2D eigenvalue weighted by atomic mass is 32.2. The summed E-state index contributed by atoms with van der Waals surface area (Å²) in [5.41, 5.74) is 1.23. The number of nitrogens with zero attached hydrogens (tertiary/aromatic N) is 3. The molecule has 2 heterocycles. The van der Waals surface area contributed by atoms with Crippen molar-refractivity contribution in [3.63, 3.8) is 0 Å². The van der Waals surface area contributed by atoms with E-state index in [9.17, 15) is 9.90 Å². The van der Waals surface area contributed by atoms with E-state index in [0.29, 0.717) is 10.9 Å². The first-order valence-electron chi connectivity index (χ1n) is 7.36. The summed E-state index contributed by atoms with van der Waals surface area (Å²) in [5.74, 6) is -0.0551. The highest BCUT2D eigenvalue weighted by Crippen LogP contribution is 2.31. The Morgan fingerprint density at radius 3 is 2.83 bits per heavy atom. The van der Waals surface area contributed by atoms with Gasteiger partial charge >= 0.3 is 0 Å². The average Bonchev–Trinajstić information content (AvgIpc) is 2.60. The molecule has 2 aliphatic heterocycles. The van der Waals surface area contributed by atoms with Crippen LogP contribution in [0.25, 0.3) is 5.70 Å². The van der Waals surface area contributed by atoms with Gasteiger partial charge in [-0.2, -0.15) is 0 Å². The van der Waals surface area contributed by atoms with Crippen LogP contribution in [0.1, 0.15) is 11.7 Å². The van der Waals surface area contributed by atoms with Crippen molar-refractivity contribution in [3.8, 4) is 5.75 Å². The Morgan fingerprint density at radius 2 is 2.04 bits per heavy atom. The van der Waals surface area contributed by atoms with Crippen molar-refractivity contribution in [1.82, 2.24) is 10.3 Å². The zero-order valence-corrected chi connectivity index (χ0v) is 13.6. The molecule has 1 unspecified atom stereocenters. The molecule has 0 saturated heterocycles. The molecule has 7 heteroatoms. The van der Waals surface area contributed by atoms with Crippen LogP contribution in [0.15, 0.2) is 58.6 Å². The lowest BCUT2D eigenvalue weighted by atomic mass is 10.1. The second-order valence-electron chi connectivity index (χ2n) is 5.37. The molecule has 24 heavy (non-hydrogen) atoms. The molecule has 0 fully saturated rings. The number of phenolic OH excluding ortho intramolecular Hbond substituents is 1. The van der Waals surface area contributed by atoms with Crippen LogP contribution in [0, 0.1) is 0 Å². The minimum Gasteiger partial charge on any atom is -0.508 e. The van der Waals surface area contributed by atoms with Crippen molar-refractivity contribution in [2.75, 3.05) is 6.26 Å². The molecule has 0 radical (unpaired) electrons. The number of carbonyl (C=O) groups excluding carboxylic acids is 1. The second-order valence-corrected chi connectivity index (χ2v) is 6.17. The monoisotopic (exact) mass is 338 g/mol. The van der Waals surface area contributed by atoms with Crippen LogP contribution in [0.2, 0.25) is 0 Å². The second kappa shape index (κ2) is 5.68. The van der Waals surface area contributed by atoms with Crippen LogP contribution >= 0.6 is 11.8 Å². The topological polar surface area (TPSA) is 77.3 Å². The van der Waals surface area contributed by atoms with Gasteiger partial charge in [-0.25, -0.2) is 5.01 Å². The van der Waals surface area contributed by atoms with E-state index in [2.05, 4.69) is 10.4 Å². The van der Waals surface area contributed by atoms with Gasteiger partial charge in [0.1, 0.15) is 11.4 Å². The number of amidine groups is 1. The van der Waals surface area contributed by atoms with Crippen LogP contribution in [0.3, 0.4) is 0 Å². The summed E-state index contributed by atoms with van der Waals surface area (Å²) in [7, 11) is 0. The molecule has 6 nitrogen and oxygen atoms in total. The number of hydrogen-bond donors (Lipinski definition) is 2. The zero-order valence-electron chi connectivity index (χ0n) is 12.8. The quantitative estimate of drug-likeness (QED) is 0.810. The van der Waals surface area contributed by atoms with Crippen LogP contribution < -0.4 is 15.9 Å². The van der Waals surface area contributed by atoms with Crippen LogP contribution in [0.5, 0.6) is 5.75 Å². The number of aromatic hydroxyl groups is 1. The molecule has 4 rings (SSSR count). The van der Waals surface area contributed by atoms with Gasteiger partial charge in [0.05, 0.1) is 5.36 Å². The van der Waals surface area contributed by atoms with E-state index in [1.165, 1.54) is 11.8 Å². The van der Waals surface area contributed by atoms with Crippen molar-refractivity contribution in [3.05, 3.63) is 64.7 Å². The summed E-state index contributed by atoms with van der Waals surface area (Å²) in [6.07, 6.45) is 1.35. The lowest BCUT2D eigenvalue weighted by molar-refractivity contribution is -0.116. The third kappa shape index (κ3) is 2.33. The third-order valence-electron chi connectivity index (χ3n) is 3.88. The number of nitrogens with one attached hydrogen (secondary N) is 1. The molecule has 120 valence electrons. The summed E-state index contributed by atoms with van der Waals surface area (Å²) in [4.78, 5) is 17.4. The molecule has 0 bridgehead atoms. The number of benzene rings is 2. The Morgan fingerprint density at radius 1 is 1.21 bits per heavy atom. The van der Waals surface area contributed by atoms with E-state index in [-0.39, 0.29) is 11.7 Å². The van der Waals surface area contributed by atoms with Crippen molar-refractivity contribution in [1.29, 1.82) is 0 Å². The van der Waals surface area contributed by atoms with Crippen LogP contribution in [-0.4, -0.2) is 27.4 Å². The number of carbonyl (C=O) groups is 1. The molecule has 2 aliphatic rings. The maximum Gasteiger partial charge on any atom is 0.276 e. The Kier molecular flexibility index (Phi) is 3.50. The predicted molar refractivity (Wildman–Crippen MR) is 92.4 cm³/mol. The summed E-state index contributed by atoms with van der Waals surface area (Å²) >= 11 is 1.36. The Hall–Kier alpha value is -2.80. The number of thioether (sulfide) groups is 1. The summed E-state index contributed by atoms with van der Waals surface area (Å²) in [6.45, 7) is 0. The van der Waals surface area contributed by atoms with Crippen molar-refractivity contribution >= 4 is 28.5 Å². The lowest BCUT2D eigenvalue weighted by Crippen LogP contribution is -2.50. The maximum absolute atomic E-state index is 12.6. The lowest BCUT2D eigenvalue weighted by Gasteiger charge is -2.33. The van der Waals surface area contributed by atoms with Crippen molar-refractivity contribution in [2.24, 2.45) is 10.1 Å². The maximum atomic E-state index is 12.6. The third-order valence-corrected chi connectivity index (χ3v) is 4.45. The zero-order chi connectivity index (χ0) is 16.7. The Balaban J connectivity index is 1.99. The SMILES string of the molecule is CSC1=NN2C(=c3ccccc3=NC2c2cccc(O)c2)C(=O)N1. The number of rotatable bonds is 1. The number of hydrazone groups is 1. The normalized spacial score (nSPS) is 19.0. The van der Waals surface area contributed by atoms with E-state index in [0.717, 1.165) is 16.1 Å². The Labute approximate surface area is 142 Å². The molecule has 1 amide bonds. The van der Waals surface area contributed by atoms with E-state index in [1.807, 2.05) is 36.6 Å². The van der Waals surface area contributed by atoms with E-state index in [4.69, 9.17) is 4.99 Å². The summed E-state index contributed by atoms with van der Waals surface area (Å²) in [6, 6.07) is 14.3. The van der Waals surface area contributed by atoms with Gasteiger partial charge in [0, 0.05) is 10.8 Å². The molecule has 0 aliphatic carbocycles. The van der Waals surface area contributed by atoms with Crippen molar-refractivity contribution < 1.29 is 9.90 Å². The fourth-order valence-electron chi connectivity index (χ4n) is 2.82. The first-order valence-corrected chi connectivity index (χ1v) is 8.59. The highest BCUT2D eigenvalue weighted by Gasteiger charge is 2.34. The molecule has 2 aromatic carbocycles. The fourth-order valence-corrected chi connectivity index (χ4v) is 3.19. The van der Waals surface area contributed by atoms with Gasteiger partial charge in [-0.15, -0.1) is 5.10 Å². The van der Waals surface area contributed by atoms with E-state index < -0.39 is 6.17 Å². The standard InChI is InChI=1S/C17H14N4O2S/c1-24-17-19-16(23)14-12-7-2-3-8-13(12)18-15(21(14)20-17)10-5-4-6-11(22)9-10/h2-9,15,22H,1H3,(H,19,20,23). The minimum atomic E-state index is -0.504. The number of amides is 1. The first-order chi connectivity index (χ1) is 11.7. The highest BCUT2D eigenvalue weighted by molar-refractivity contribution is 8.13. The van der Waals surface area contributed by atoms with Gasteiger partial charge in [-0.05, 0) is 24.5 Å². The number of phenols is 1. The van der Waals surface area contributed by atoms with Crippen LogP contribution in [-0.2, 0) is 4.79 Å². The molecular weight excluding hydrogens is 324 g/mol. The predicted octanol–water partition coefficient (Wildman–Crippen LogP) is 0.898. The number of fused-ring (bicyclic) bond motifs is 2. The number of para-hydroxylation sites is 1. The Bertz CT molecular complexity index is 986. The molecule has 0 saturated carbocycles. The molecule has 2 aromatic rings. The summed E-state index contributed by atoms with van der Waals surface area (Å²) < 4.78 is 0.